The van der Waals surface area contributed by atoms with E-state index in [0.29, 0.717) is 6.42 Å². The van der Waals surface area contributed by atoms with Gasteiger partial charge in [0.25, 0.3) is 5.12 Å². The molecular formula is C17H9I2NO2S2. The van der Waals surface area contributed by atoms with Crippen molar-refractivity contribution in [3.8, 4) is 35.5 Å². The number of Topliss-reactive ketones (excluding diaryl/α,β-unsaturated/α-hetero) is 1. The number of nitrogens with one attached hydrogen (secondary N) is 1. The fourth-order valence-electron chi connectivity index (χ4n) is 1.58. The number of ketones is 1. The lowest BCUT2D eigenvalue weighted by Gasteiger charge is -2.07. The van der Waals surface area contributed by atoms with Gasteiger partial charge in [-0.2, -0.15) is 0 Å². The maximum atomic E-state index is 11.5. The summed E-state index contributed by atoms with van der Waals surface area (Å²) >= 11 is 9.12. The molecule has 1 aromatic heterocycles. The zero-order valence-corrected chi connectivity index (χ0v) is 18.3. The van der Waals surface area contributed by atoms with Crippen LogP contribution in [0, 0.1) is 47.9 Å². The van der Waals surface area contributed by atoms with Crippen LogP contribution in [-0.2, 0) is 4.79 Å². The van der Waals surface area contributed by atoms with Gasteiger partial charge in [0.15, 0.2) is 5.78 Å². The summed E-state index contributed by atoms with van der Waals surface area (Å²) < 4.78 is 1.43. The summed E-state index contributed by atoms with van der Waals surface area (Å²) in [5, 5.41) is 8.41. The molecule has 1 N–H and O–H groups in total. The monoisotopic (exact) mass is 577 g/mol. The topological polar surface area (TPSA) is 58.0 Å². The van der Waals surface area contributed by atoms with E-state index in [1.807, 2.05) is 13.0 Å². The van der Waals surface area contributed by atoms with Crippen molar-refractivity contribution in [2.24, 2.45) is 0 Å². The minimum Gasteiger partial charge on any atom is -0.294 e. The molecule has 0 atom stereocenters. The Morgan fingerprint density at radius 3 is 2.46 bits per heavy atom. The van der Waals surface area contributed by atoms with Crippen molar-refractivity contribution in [2.45, 2.75) is 13.3 Å². The Hall–Kier alpha value is -1.06. The van der Waals surface area contributed by atoms with E-state index in [2.05, 4.69) is 76.1 Å². The van der Waals surface area contributed by atoms with Crippen molar-refractivity contribution < 1.29 is 9.59 Å². The highest BCUT2D eigenvalue weighted by molar-refractivity contribution is 14.1. The zero-order chi connectivity index (χ0) is 18.1. The summed E-state index contributed by atoms with van der Waals surface area (Å²) in [5.74, 6) is 14.1. The molecule has 7 heteroatoms. The van der Waals surface area contributed by atoms with Crippen LogP contribution in [0.5, 0.6) is 0 Å². The number of rotatable bonds is 0. The van der Waals surface area contributed by atoms with E-state index in [1.165, 1.54) is 3.58 Å². The normalized spacial score (nSPS) is 10.8. The van der Waals surface area contributed by atoms with Crippen molar-refractivity contribution in [2.75, 3.05) is 0 Å². The molecule has 1 aromatic rings. The van der Waals surface area contributed by atoms with Crippen LogP contribution in [0.4, 0.5) is 0 Å². The van der Waals surface area contributed by atoms with Crippen LogP contribution in [-0.4, -0.2) is 14.6 Å². The molecular weight excluding hydrogens is 568 g/mol. The molecule has 1 aliphatic rings. The number of halogens is 2. The molecule has 3 nitrogen and oxygen atoms in total. The van der Waals surface area contributed by atoms with Gasteiger partial charge in [-0.1, -0.05) is 18.7 Å². The number of carbonyl (C=O) groups is 2. The summed E-state index contributed by atoms with van der Waals surface area (Å²) in [6.45, 7) is 2.00. The second-order valence-corrected chi connectivity index (χ2v) is 7.70. The fourth-order valence-corrected chi connectivity index (χ4v) is 3.64. The number of thiophene rings is 1. The highest BCUT2D eigenvalue weighted by Gasteiger charge is 2.21. The predicted molar refractivity (Wildman–Crippen MR) is 119 cm³/mol. The van der Waals surface area contributed by atoms with Gasteiger partial charge >= 0.3 is 0 Å². The number of fused-ring (bicyclic) bond motifs is 1. The predicted octanol–water partition coefficient (Wildman–Crippen LogP) is 4.28. The van der Waals surface area contributed by atoms with E-state index in [4.69, 9.17) is 5.41 Å². The van der Waals surface area contributed by atoms with Gasteiger partial charge in [0, 0.05) is 15.6 Å². The highest BCUT2D eigenvalue weighted by Crippen LogP contribution is 2.37. The Morgan fingerprint density at radius 1 is 1.29 bits per heavy atom. The van der Waals surface area contributed by atoms with Crippen molar-refractivity contribution in [1.82, 2.24) is 0 Å². The third-order valence-electron chi connectivity index (χ3n) is 2.47. The van der Waals surface area contributed by atoms with Crippen LogP contribution in [0.2, 0.25) is 0 Å². The van der Waals surface area contributed by atoms with Crippen LogP contribution in [0.3, 0.4) is 0 Å². The highest BCUT2D eigenvalue weighted by atomic mass is 127. The Bertz CT molecular complexity index is 874. The molecule has 0 aromatic carbocycles. The molecule has 24 heavy (non-hydrogen) atoms. The van der Waals surface area contributed by atoms with Gasteiger partial charge in [0.2, 0.25) is 0 Å². The standard InChI is InChI=1S/C9H7IOS.C8H2INOS/c1-5-4-12-9-6(10)2-3-7(11)8(5)9;9-7(10)5-3-1-2-4-6-8(11)12/h2,4H,3H2,1H3;10H,(H,11,12). The third-order valence-corrected chi connectivity index (χ3v) is 5.32. The fraction of sp³-hybridized carbons (Fsp3) is 0.118. The lowest BCUT2D eigenvalue weighted by molar-refractivity contribution is -0.106. The van der Waals surface area contributed by atoms with Gasteiger partial charge in [-0.15, -0.1) is 11.3 Å². The van der Waals surface area contributed by atoms with Crippen molar-refractivity contribution in [3.05, 3.63) is 27.5 Å². The molecule has 2 rings (SSSR count). The van der Waals surface area contributed by atoms with E-state index in [1.54, 1.807) is 33.9 Å². The third kappa shape index (κ3) is 7.23. The molecule has 0 amide bonds. The Labute approximate surface area is 177 Å². The summed E-state index contributed by atoms with van der Waals surface area (Å²) in [5.41, 5.74) is 2.08. The van der Waals surface area contributed by atoms with Gasteiger partial charge < -0.3 is 0 Å². The SMILES string of the molecule is Cc1csc2c1C(=O)CC=C2I.N=C(I)C#CC#CC#CC(=O)S. The number of allylic oxidation sites excluding steroid dienone is 1. The molecule has 120 valence electrons. The van der Waals surface area contributed by atoms with Crippen LogP contribution in [0.1, 0.15) is 27.2 Å². The molecule has 0 fully saturated rings. The number of carbonyl (C=O) groups excluding carboxylic acids is 2. The molecule has 0 aliphatic heterocycles. The quantitative estimate of drug-likeness (QED) is 0.210. The van der Waals surface area contributed by atoms with Gasteiger partial charge in [-0.05, 0) is 98.6 Å². The Kier molecular flexibility index (Phi) is 9.38. The smallest absolute Gasteiger partial charge is 0.260 e. The van der Waals surface area contributed by atoms with Gasteiger partial charge in [0.05, 0.1) is 4.88 Å². The lowest BCUT2D eigenvalue weighted by Crippen LogP contribution is -2.04. The Morgan fingerprint density at radius 2 is 1.92 bits per heavy atom. The average molecular weight is 577 g/mol. The second kappa shape index (κ2) is 10.7. The minimum absolute atomic E-state index is 0.208. The van der Waals surface area contributed by atoms with Crippen LogP contribution in [0.25, 0.3) is 3.58 Å². The first kappa shape index (κ1) is 21.0. The van der Waals surface area contributed by atoms with E-state index in [9.17, 15) is 9.59 Å². The Balaban J connectivity index is 0.000000240. The van der Waals surface area contributed by atoms with Gasteiger partial charge in [-0.25, -0.2) is 0 Å². The van der Waals surface area contributed by atoms with Crippen molar-refractivity contribution in [1.29, 1.82) is 5.41 Å². The largest absolute Gasteiger partial charge is 0.294 e. The summed E-state index contributed by atoms with van der Waals surface area (Å²) in [4.78, 5) is 22.8. The van der Waals surface area contributed by atoms with Crippen molar-refractivity contribution >= 4 is 87.3 Å². The molecule has 0 spiro atoms. The van der Waals surface area contributed by atoms with Gasteiger partial charge in [0.1, 0.15) is 3.72 Å². The summed E-state index contributed by atoms with van der Waals surface area (Å²) in [6, 6.07) is 0. The maximum Gasteiger partial charge on any atom is 0.260 e. The van der Waals surface area contributed by atoms with E-state index in [-0.39, 0.29) is 9.50 Å². The molecule has 0 saturated heterocycles. The molecule has 1 aliphatic carbocycles. The molecule has 0 saturated carbocycles. The van der Waals surface area contributed by atoms with Crippen LogP contribution in [0.15, 0.2) is 11.5 Å². The number of thiol groups is 1. The van der Waals surface area contributed by atoms with Gasteiger partial charge in [-0.3, -0.25) is 15.0 Å². The maximum absolute atomic E-state index is 11.5. The minimum atomic E-state index is -0.529. The van der Waals surface area contributed by atoms with Crippen LogP contribution >= 0.6 is 69.1 Å². The number of aryl methyl sites for hydroxylation is 1. The van der Waals surface area contributed by atoms with E-state index >= 15 is 0 Å². The van der Waals surface area contributed by atoms with Crippen LogP contribution < -0.4 is 0 Å². The first-order chi connectivity index (χ1) is 11.3. The average Bonchev–Trinajstić information content (AvgIpc) is 2.90. The second-order valence-electron chi connectivity index (χ2n) is 4.17. The van der Waals surface area contributed by atoms with E-state index < -0.39 is 5.12 Å². The van der Waals surface area contributed by atoms with E-state index in [0.717, 1.165) is 16.0 Å². The number of hydrogen-bond donors (Lipinski definition) is 2. The summed E-state index contributed by atoms with van der Waals surface area (Å²) in [7, 11) is 0. The number of hydrogen-bond acceptors (Lipinski definition) is 4. The van der Waals surface area contributed by atoms with Crippen molar-refractivity contribution in [3.63, 3.8) is 0 Å². The molecule has 0 unspecified atom stereocenters. The zero-order valence-electron chi connectivity index (χ0n) is 12.3. The first-order valence-electron chi connectivity index (χ1n) is 6.29. The molecule has 0 bridgehead atoms. The first-order valence-corrected chi connectivity index (χ1v) is 9.77. The molecule has 1 heterocycles. The molecule has 0 radical (unpaired) electrons. The lowest BCUT2D eigenvalue weighted by atomic mass is 10.0. The summed E-state index contributed by atoms with van der Waals surface area (Å²) in [6.07, 6.45) is 2.57.